The number of nitrogens with zero attached hydrogens (tertiary/aromatic N) is 2. The molecule has 1 N–H and O–H groups in total. The Morgan fingerprint density at radius 2 is 2.06 bits per heavy atom. The van der Waals surface area contributed by atoms with E-state index in [0.717, 1.165) is 16.9 Å². The molecule has 1 fully saturated rings. The molecule has 0 aromatic carbocycles. The van der Waals surface area contributed by atoms with Crippen LogP contribution in [0.25, 0.3) is 11.2 Å². The van der Waals surface area contributed by atoms with Gasteiger partial charge in [-0.15, -0.1) is 0 Å². The van der Waals surface area contributed by atoms with Crippen molar-refractivity contribution in [3.8, 4) is 0 Å². The van der Waals surface area contributed by atoms with Crippen LogP contribution in [0.15, 0.2) is 12.3 Å². The van der Waals surface area contributed by atoms with E-state index in [1.54, 1.807) is 6.20 Å². The van der Waals surface area contributed by atoms with E-state index in [4.69, 9.17) is 0 Å². The van der Waals surface area contributed by atoms with Gasteiger partial charge in [0, 0.05) is 25.0 Å². The first-order valence-corrected chi connectivity index (χ1v) is 6.24. The van der Waals surface area contributed by atoms with Crippen molar-refractivity contribution in [2.75, 3.05) is 0 Å². The molecule has 0 radical (unpaired) electrons. The number of aryl methyl sites for hydroxylation is 1. The summed E-state index contributed by atoms with van der Waals surface area (Å²) in [6, 6.07) is 1.92. The zero-order chi connectivity index (χ0) is 12.8. The summed E-state index contributed by atoms with van der Waals surface area (Å²) in [6.07, 6.45) is 2.62. The molecule has 3 nitrogen and oxygen atoms in total. The zero-order valence-corrected chi connectivity index (χ0v) is 10.2. The van der Waals surface area contributed by atoms with Crippen LogP contribution in [0.2, 0.25) is 0 Å². The highest BCUT2D eigenvalue weighted by Gasteiger charge is 2.36. The predicted octanol–water partition coefficient (Wildman–Crippen LogP) is 3.56. The maximum Gasteiger partial charge on any atom is 0.248 e. The van der Waals surface area contributed by atoms with E-state index in [0.29, 0.717) is 18.5 Å². The summed E-state index contributed by atoms with van der Waals surface area (Å²) >= 11 is 0. The Balaban J connectivity index is 1.89. The van der Waals surface area contributed by atoms with Crippen LogP contribution >= 0.6 is 0 Å². The summed E-state index contributed by atoms with van der Waals surface area (Å²) in [6.45, 7) is 1.99. The first kappa shape index (κ1) is 11.6. The van der Waals surface area contributed by atoms with Crippen LogP contribution in [0.5, 0.6) is 0 Å². The van der Waals surface area contributed by atoms with Crippen LogP contribution in [-0.4, -0.2) is 20.9 Å². The average molecular weight is 251 g/mol. The van der Waals surface area contributed by atoms with Crippen LogP contribution in [-0.2, 0) is 0 Å². The molecule has 2 aromatic heterocycles. The van der Waals surface area contributed by atoms with Crippen molar-refractivity contribution in [2.24, 2.45) is 0 Å². The lowest BCUT2D eigenvalue weighted by Gasteiger charge is -2.26. The predicted molar refractivity (Wildman–Crippen MR) is 64.8 cm³/mol. The number of halogens is 2. The third-order valence-corrected chi connectivity index (χ3v) is 3.72. The van der Waals surface area contributed by atoms with E-state index in [2.05, 4.69) is 15.0 Å². The molecule has 2 heterocycles. The molecular weight excluding hydrogens is 236 g/mol. The van der Waals surface area contributed by atoms with Gasteiger partial charge >= 0.3 is 0 Å². The van der Waals surface area contributed by atoms with Gasteiger partial charge in [0.25, 0.3) is 0 Å². The molecule has 0 spiro atoms. The quantitative estimate of drug-likeness (QED) is 0.842. The standard InChI is InChI=1S/C13H15F2N3/c1-8-4-7-16-12-10(8)17-11(18-12)9-2-5-13(14,15)6-3-9/h4,7,9H,2-3,5-6H2,1H3,(H,16,17,18). The normalized spacial score (nSPS) is 20.4. The van der Waals surface area contributed by atoms with E-state index >= 15 is 0 Å². The second kappa shape index (κ2) is 4.00. The lowest BCUT2D eigenvalue weighted by atomic mass is 9.86. The molecule has 2 aromatic rings. The molecule has 0 amide bonds. The van der Waals surface area contributed by atoms with E-state index in [1.807, 2.05) is 13.0 Å². The van der Waals surface area contributed by atoms with Gasteiger partial charge in [-0.05, 0) is 31.4 Å². The fraction of sp³-hybridized carbons (Fsp3) is 0.538. The minimum absolute atomic E-state index is 0.0406. The van der Waals surface area contributed by atoms with Gasteiger partial charge in [0.05, 0.1) is 5.52 Å². The van der Waals surface area contributed by atoms with Crippen LogP contribution in [0, 0.1) is 6.92 Å². The summed E-state index contributed by atoms with van der Waals surface area (Å²) in [7, 11) is 0. The SMILES string of the molecule is Cc1ccnc2nc(C3CCC(F)(F)CC3)[nH]c12. The van der Waals surface area contributed by atoms with Gasteiger partial charge in [-0.25, -0.2) is 18.7 Å². The Morgan fingerprint density at radius 1 is 1.33 bits per heavy atom. The van der Waals surface area contributed by atoms with Gasteiger partial charge in [0.2, 0.25) is 5.92 Å². The highest BCUT2D eigenvalue weighted by molar-refractivity contribution is 5.74. The van der Waals surface area contributed by atoms with Gasteiger partial charge in [0.15, 0.2) is 5.65 Å². The van der Waals surface area contributed by atoms with Crippen molar-refractivity contribution in [3.63, 3.8) is 0 Å². The zero-order valence-electron chi connectivity index (χ0n) is 10.2. The highest BCUT2D eigenvalue weighted by Crippen LogP contribution is 2.40. The number of nitrogens with one attached hydrogen (secondary N) is 1. The van der Waals surface area contributed by atoms with E-state index < -0.39 is 5.92 Å². The Hall–Kier alpha value is -1.52. The Morgan fingerprint density at radius 3 is 2.72 bits per heavy atom. The molecule has 1 saturated carbocycles. The first-order chi connectivity index (χ1) is 8.55. The van der Waals surface area contributed by atoms with Crippen LogP contribution in [0.3, 0.4) is 0 Å². The average Bonchev–Trinajstić information content (AvgIpc) is 2.74. The number of hydrogen-bond acceptors (Lipinski definition) is 2. The molecular formula is C13H15F2N3. The number of alkyl halides is 2. The third kappa shape index (κ3) is 1.98. The molecule has 1 aliphatic carbocycles. The molecule has 96 valence electrons. The van der Waals surface area contributed by atoms with E-state index in [9.17, 15) is 8.78 Å². The minimum Gasteiger partial charge on any atom is -0.340 e. The van der Waals surface area contributed by atoms with Crippen LogP contribution < -0.4 is 0 Å². The van der Waals surface area contributed by atoms with Crippen molar-refractivity contribution >= 4 is 11.2 Å². The molecule has 3 rings (SSSR count). The molecule has 0 aliphatic heterocycles. The smallest absolute Gasteiger partial charge is 0.248 e. The fourth-order valence-electron chi connectivity index (χ4n) is 2.56. The lowest BCUT2D eigenvalue weighted by Crippen LogP contribution is -2.24. The van der Waals surface area contributed by atoms with E-state index in [1.165, 1.54) is 0 Å². The number of imidazole rings is 1. The summed E-state index contributed by atoms with van der Waals surface area (Å²) < 4.78 is 26.2. The van der Waals surface area contributed by atoms with Crippen LogP contribution in [0.1, 0.15) is 43.0 Å². The van der Waals surface area contributed by atoms with Crippen molar-refractivity contribution < 1.29 is 8.78 Å². The summed E-state index contributed by atoms with van der Waals surface area (Å²) in [5.74, 6) is -1.57. The lowest BCUT2D eigenvalue weighted by molar-refractivity contribution is -0.0387. The summed E-state index contributed by atoms with van der Waals surface area (Å²) in [4.78, 5) is 11.9. The maximum atomic E-state index is 13.1. The van der Waals surface area contributed by atoms with Crippen LogP contribution in [0.4, 0.5) is 8.78 Å². The number of hydrogen-bond donors (Lipinski definition) is 1. The number of aromatic nitrogens is 3. The second-order valence-corrected chi connectivity index (χ2v) is 5.08. The number of rotatable bonds is 1. The van der Waals surface area contributed by atoms with Gasteiger partial charge in [-0.2, -0.15) is 0 Å². The Labute approximate surface area is 104 Å². The number of H-pyrrole nitrogens is 1. The summed E-state index contributed by atoms with van der Waals surface area (Å²) in [5.41, 5.74) is 2.69. The number of fused-ring (bicyclic) bond motifs is 1. The molecule has 5 heteroatoms. The monoisotopic (exact) mass is 251 g/mol. The van der Waals surface area contributed by atoms with Crippen molar-refractivity contribution in [1.29, 1.82) is 0 Å². The molecule has 0 bridgehead atoms. The topological polar surface area (TPSA) is 41.6 Å². The van der Waals surface area contributed by atoms with Gasteiger partial charge in [-0.1, -0.05) is 0 Å². The van der Waals surface area contributed by atoms with Crippen molar-refractivity contribution in [1.82, 2.24) is 15.0 Å². The van der Waals surface area contributed by atoms with Gasteiger partial charge in [-0.3, -0.25) is 0 Å². The Bertz CT molecular complexity index is 567. The second-order valence-electron chi connectivity index (χ2n) is 5.08. The maximum absolute atomic E-state index is 13.1. The van der Waals surface area contributed by atoms with Gasteiger partial charge in [0.1, 0.15) is 5.82 Å². The summed E-state index contributed by atoms with van der Waals surface area (Å²) in [5, 5.41) is 0. The molecule has 0 unspecified atom stereocenters. The molecule has 18 heavy (non-hydrogen) atoms. The van der Waals surface area contributed by atoms with E-state index in [-0.39, 0.29) is 18.8 Å². The first-order valence-electron chi connectivity index (χ1n) is 6.24. The molecule has 0 saturated heterocycles. The molecule has 1 aliphatic rings. The van der Waals surface area contributed by atoms with Crippen molar-refractivity contribution in [3.05, 3.63) is 23.7 Å². The third-order valence-electron chi connectivity index (χ3n) is 3.72. The molecule has 0 atom stereocenters. The Kier molecular flexibility index (Phi) is 2.57. The number of aromatic amines is 1. The highest BCUT2D eigenvalue weighted by atomic mass is 19.3. The number of pyridine rings is 1. The minimum atomic E-state index is -2.49. The van der Waals surface area contributed by atoms with Gasteiger partial charge < -0.3 is 4.98 Å². The fourth-order valence-corrected chi connectivity index (χ4v) is 2.56. The van der Waals surface area contributed by atoms with Crippen molar-refractivity contribution in [2.45, 2.75) is 44.4 Å². The largest absolute Gasteiger partial charge is 0.340 e.